The summed E-state index contributed by atoms with van der Waals surface area (Å²) in [7, 11) is 0. The molecule has 4 aromatic carbocycles. The predicted molar refractivity (Wildman–Crippen MR) is 154 cm³/mol. The fourth-order valence-corrected chi connectivity index (χ4v) is 4.59. The molecule has 0 saturated heterocycles. The first-order valence-electron chi connectivity index (χ1n) is 13.0. The molecule has 0 aliphatic rings. The third-order valence-corrected chi connectivity index (χ3v) is 7.17. The van der Waals surface area contributed by atoms with Crippen molar-refractivity contribution in [1.82, 2.24) is 0 Å². The fraction of sp³-hybridized carbons (Fsp3) is 0.182. The van der Waals surface area contributed by atoms with Crippen LogP contribution in [0.25, 0.3) is 0 Å². The smallest absolute Gasteiger partial charge is 0.335 e. The summed E-state index contributed by atoms with van der Waals surface area (Å²) >= 11 is 0. The number of carboxylic acid groups (broad SMARTS) is 3. The highest BCUT2D eigenvalue weighted by Crippen LogP contribution is 2.31. The van der Waals surface area contributed by atoms with Gasteiger partial charge in [-0.1, -0.05) is 0 Å². The van der Waals surface area contributed by atoms with E-state index < -0.39 is 17.9 Å². The molecular weight excluding hydrogens is 540 g/mol. The largest absolute Gasteiger partial charge is 0.489 e. The van der Waals surface area contributed by atoms with E-state index in [4.69, 9.17) is 29.5 Å². The van der Waals surface area contributed by atoms with E-state index in [-0.39, 0.29) is 36.5 Å². The van der Waals surface area contributed by atoms with Crippen LogP contribution in [0.2, 0.25) is 0 Å². The first-order valence-corrected chi connectivity index (χ1v) is 13.0. The lowest BCUT2D eigenvalue weighted by Gasteiger charge is -2.23. The van der Waals surface area contributed by atoms with Crippen LogP contribution in [0.5, 0.6) is 17.2 Å². The Bertz CT molecular complexity index is 1390. The molecule has 0 saturated carbocycles. The van der Waals surface area contributed by atoms with E-state index in [1.54, 1.807) is 36.4 Å². The first-order chi connectivity index (χ1) is 20.0. The standard InChI is InChI=1S/C33H30O9/c1-19-28(16-40-25-10-4-22(5-11-25)31(34)35)20(2)30(18-42-27-14-8-24(9-15-27)33(38)39)21(3)29(19)17-41-26-12-6-23(7-13-26)32(36)37/h4-15H,16-18H2,1-3H3,(H,34,35)(H,36,37)(H,38,39). The summed E-state index contributed by atoms with van der Waals surface area (Å²) in [6, 6.07) is 18.5. The van der Waals surface area contributed by atoms with Crippen LogP contribution >= 0.6 is 0 Å². The second-order valence-electron chi connectivity index (χ2n) is 9.67. The van der Waals surface area contributed by atoms with Crippen LogP contribution in [0.1, 0.15) is 64.5 Å². The van der Waals surface area contributed by atoms with Gasteiger partial charge >= 0.3 is 17.9 Å². The highest BCUT2D eigenvalue weighted by atomic mass is 16.5. The van der Waals surface area contributed by atoms with Gasteiger partial charge in [0, 0.05) is 0 Å². The van der Waals surface area contributed by atoms with Crippen molar-refractivity contribution in [2.24, 2.45) is 0 Å². The topological polar surface area (TPSA) is 140 Å². The Morgan fingerprint density at radius 1 is 0.452 bits per heavy atom. The summed E-state index contributed by atoms with van der Waals surface area (Å²) in [4.78, 5) is 33.6. The molecule has 42 heavy (non-hydrogen) atoms. The van der Waals surface area contributed by atoms with Gasteiger partial charge in [-0.2, -0.15) is 0 Å². The van der Waals surface area contributed by atoms with Gasteiger partial charge < -0.3 is 29.5 Å². The van der Waals surface area contributed by atoms with Gasteiger partial charge in [0.05, 0.1) is 16.7 Å². The maximum Gasteiger partial charge on any atom is 0.335 e. The molecule has 0 atom stereocenters. The summed E-state index contributed by atoms with van der Waals surface area (Å²) < 4.78 is 18.1. The van der Waals surface area contributed by atoms with E-state index in [1.165, 1.54) is 36.4 Å². The maximum atomic E-state index is 11.2. The van der Waals surface area contributed by atoms with Gasteiger partial charge in [-0.3, -0.25) is 0 Å². The Labute approximate surface area is 242 Å². The van der Waals surface area contributed by atoms with E-state index >= 15 is 0 Å². The van der Waals surface area contributed by atoms with E-state index in [1.807, 2.05) is 20.8 Å². The summed E-state index contributed by atoms with van der Waals surface area (Å²) in [5.74, 6) is -1.49. The van der Waals surface area contributed by atoms with Crippen molar-refractivity contribution in [3.05, 3.63) is 123 Å². The molecular formula is C33H30O9. The van der Waals surface area contributed by atoms with Gasteiger partial charge in [-0.25, -0.2) is 14.4 Å². The Morgan fingerprint density at radius 3 is 0.857 bits per heavy atom. The minimum Gasteiger partial charge on any atom is -0.489 e. The molecule has 0 aliphatic carbocycles. The Hall–Kier alpha value is -5.31. The van der Waals surface area contributed by atoms with Crippen LogP contribution in [0.15, 0.2) is 72.8 Å². The number of ether oxygens (including phenoxy) is 3. The molecule has 0 radical (unpaired) electrons. The monoisotopic (exact) mass is 570 g/mol. The molecule has 0 amide bonds. The van der Waals surface area contributed by atoms with Crippen molar-refractivity contribution in [3.8, 4) is 17.2 Å². The highest BCUT2D eigenvalue weighted by molar-refractivity contribution is 5.88. The van der Waals surface area contributed by atoms with Crippen molar-refractivity contribution in [3.63, 3.8) is 0 Å². The van der Waals surface area contributed by atoms with Crippen LogP contribution in [0.3, 0.4) is 0 Å². The zero-order valence-electron chi connectivity index (χ0n) is 23.3. The van der Waals surface area contributed by atoms with E-state index in [0.717, 1.165) is 33.4 Å². The maximum absolute atomic E-state index is 11.2. The van der Waals surface area contributed by atoms with Crippen LogP contribution in [-0.2, 0) is 19.8 Å². The molecule has 0 aliphatic heterocycles. The third kappa shape index (κ3) is 6.87. The van der Waals surface area contributed by atoms with Gasteiger partial charge in [0.1, 0.15) is 37.1 Å². The average Bonchev–Trinajstić information content (AvgIpc) is 2.97. The van der Waals surface area contributed by atoms with Gasteiger partial charge in [0.15, 0.2) is 0 Å². The molecule has 0 spiro atoms. The second kappa shape index (κ2) is 12.9. The predicted octanol–water partition coefficient (Wildman–Crippen LogP) is 6.44. The Morgan fingerprint density at radius 2 is 0.667 bits per heavy atom. The molecule has 0 aromatic heterocycles. The van der Waals surface area contributed by atoms with Crippen LogP contribution in [-0.4, -0.2) is 33.2 Å². The van der Waals surface area contributed by atoms with Crippen molar-refractivity contribution < 1.29 is 43.9 Å². The van der Waals surface area contributed by atoms with Crippen LogP contribution < -0.4 is 14.2 Å². The average molecular weight is 571 g/mol. The molecule has 216 valence electrons. The summed E-state index contributed by atoms with van der Waals surface area (Å²) in [6.45, 7) is 6.58. The summed E-state index contributed by atoms with van der Waals surface area (Å²) in [5.41, 5.74) is 6.13. The van der Waals surface area contributed by atoms with Crippen LogP contribution in [0.4, 0.5) is 0 Å². The third-order valence-electron chi connectivity index (χ3n) is 7.17. The Kier molecular flexibility index (Phi) is 9.12. The van der Waals surface area contributed by atoms with Gasteiger partial charge in [-0.15, -0.1) is 0 Å². The quantitative estimate of drug-likeness (QED) is 0.175. The number of carbonyl (C=O) groups is 3. The van der Waals surface area contributed by atoms with Crippen molar-refractivity contribution in [2.75, 3.05) is 0 Å². The number of carboxylic acids is 3. The zero-order valence-corrected chi connectivity index (χ0v) is 23.3. The zero-order chi connectivity index (χ0) is 30.4. The van der Waals surface area contributed by atoms with Crippen molar-refractivity contribution >= 4 is 17.9 Å². The minimum absolute atomic E-state index is 0.164. The number of benzene rings is 4. The molecule has 0 heterocycles. The van der Waals surface area contributed by atoms with E-state index in [9.17, 15) is 14.4 Å². The number of hydrogen-bond donors (Lipinski definition) is 3. The Balaban J connectivity index is 1.63. The lowest BCUT2D eigenvalue weighted by molar-refractivity contribution is 0.0686. The molecule has 3 N–H and O–H groups in total. The molecule has 0 bridgehead atoms. The summed E-state index contributed by atoms with van der Waals surface area (Å²) in [5, 5.41) is 27.5. The number of aromatic carboxylic acids is 3. The fourth-order valence-electron chi connectivity index (χ4n) is 4.59. The van der Waals surface area contributed by atoms with E-state index in [0.29, 0.717) is 17.2 Å². The molecule has 0 unspecified atom stereocenters. The van der Waals surface area contributed by atoms with Crippen LogP contribution in [0, 0.1) is 20.8 Å². The SMILES string of the molecule is Cc1c(COc2ccc(C(=O)O)cc2)c(C)c(COc2ccc(C(=O)O)cc2)c(C)c1COc1ccc(C(=O)O)cc1. The van der Waals surface area contributed by atoms with Crippen molar-refractivity contribution in [1.29, 1.82) is 0 Å². The number of hydrogen-bond acceptors (Lipinski definition) is 6. The molecule has 4 rings (SSSR count). The van der Waals surface area contributed by atoms with Gasteiger partial charge in [0.2, 0.25) is 0 Å². The number of rotatable bonds is 12. The first kappa shape index (κ1) is 29.7. The molecule has 0 fully saturated rings. The van der Waals surface area contributed by atoms with Gasteiger partial charge in [-0.05, 0) is 127 Å². The minimum atomic E-state index is -1.02. The second-order valence-corrected chi connectivity index (χ2v) is 9.67. The lowest BCUT2D eigenvalue weighted by Crippen LogP contribution is -2.13. The lowest BCUT2D eigenvalue weighted by atomic mass is 9.89. The highest BCUT2D eigenvalue weighted by Gasteiger charge is 2.19. The molecule has 9 nitrogen and oxygen atoms in total. The van der Waals surface area contributed by atoms with Crippen molar-refractivity contribution in [2.45, 2.75) is 40.6 Å². The molecule has 9 heteroatoms. The summed E-state index contributed by atoms with van der Waals surface area (Å²) in [6.07, 6.45) is 0. The molecule has 4 aromatic rings. The van der Waals surface area contributed by atoms with Gasteiger partial charge in [0.25, 0.3) is 0 Å². The normalized spacial score (nSPS) is 10.6. The van der Waals surface area contributed by atoms with E-state index in [2.05, 4.69) is 0 Å².